The zero-order valence-corrected chi connectivity index (χ0v) is 22.5. The van der Waals surface area contributed by atoms with Crippen molar-refractivity contribution in [3.8, 4) is 0 Å². The Hall–Kier alpha value is -1.58. The molecule has 0 radical (unpaired) electrons. The van der Waals surface area contributed by atoms with E-state index < -0.39 is 0 Å². The van der Waals surface area contributed by atoms with Gasteiger partial charge in [0.25, 0.3) is 0 Å². The van der Waals surface area contributed by atoms with E-state index in [2.05, 4.69) is 38.2 Å². The van der Waals surface area contributed by atoms with E-state index in [9.17, 15) is 9.59 Å². The van der Waals surface area contributed by atoms with E-state index in [1.807, 2.05) is 0 Å². The molecule has 0 fully saturated rings. The SMILES string of the molecule is C/C=C/CCCCCCCCCCOC(=O)CCC(=O)OCCCCCCCCCC/C=C/C. The Morgan fingerprint density at radius 2 is 0.765 bits per heavy atom. The molecular weight excluding hydrogens is 424 g/mol. The van der Waals surface area contributed by atoms with Gasteiger partial charge < -0.3 is 9.47 Å². The van der Waals surface area contributed by atoms with E-state index in [-0.39, 0.29) is 24.8 Å². The highest BCUT2D eigenvalue weighted by Crippen LogP contribution is 2.11. The number of esters is 2. The highest BCUT2D eigenvalue weighted by Gasteiger charge is 2.09. The van der Waals surface area contributed by atoms with Crippen LogP contribution in [0.3, 0.4) is 0 Å². The van der Waals surface area contributed by atoms with Crippen LogP contribution >= 0.6 is 0 Å². The maximum Gasteiger partial charge on any atom is 0.306 e. The number of ether oxygens (including phenoxy) is 2. The Labute approximate surface area is 210 Å². The molecule has 0 aliphatic heterocycles. The molecule has 0 amide bonds. The van der Waals surface area contributed by atoms with Crippen molar-refractivity contribution in [1.82, 2.24) is 0 Å². The molecule has 0 bridgehead atoms. The molecular formula is C30H54O4. The molecule has 0 spiro atoms. The number of rotatable bonds is 25. The van der Waals surface area contributed by atoms with E-state index in [0.717, 1.165) is 25.7 Å². The molecule has 0 N–H and O–H groups in total. The highest BCUT2D eigenvalue weighted by atomic mass is 16.5. The van der Waals surface area contributed by atoms with Crippen molar-refractivity contribution in [3.05, 3.63) is 24.3 Å². The molecule has 0 rings (SSSR count). The second-order valence-electron chi connectivity index (χ2n) is 9.31. The van der Waals surface area contributed by atoms with E-state index in [1.165, 1.54) is 89.9 Å². The van der Waals surface area contributed by atoms with Crippen LogP contribution in [0.4, 0.5) is 0 Å². The van der Waals surface area contributed by atoms with Gasteiger partial charge in [0, 0.05) is 0 Å². The standard InChI is InChI=1S/C30H54O4/c1-3-5-7-9-11-13-15-17-19-21-23-27-33-29(31)25-26-30(32)34-28-24-22-20-18-16-14-12-10-8-6-4-2/h3-6H,7-28H2,1-2H3/b5-3+,6-4+. The zero-order valence-electron chi connectivity index (χ0n) is 22.5. The minimum Gasteiger partial charge on any atom is -0.466 e. The quantitative estimate of drug-likeness (QED) is 0.0746. The minimum absolute atomic E-state index is 0.125. The molecule has 0 heterocycles. The first-order valence-corrected chi connectivity index (χ1v) is 14.2. The number of carbonyl (C=O) groups excluding carboxylic acids is 2. The number of carbonyl (C=O) groups is 2. The highest BCUT2D eigenvalue weighted by molar-refractivity contribution is 5.77. The molecule has 0 aliphatic carbocycles. The Balaban J connectivity index is 3.32. The lowest BCUT2D eigenvalue weighted by Gasteiger charge is -2.06. The fourth-order valence-corrected chi connectivity index (χ4v) is 3.90. The molecule has 0 saturated heterocycles. The van der Waals surface area contributed by atoms with Crippen LogP contribution in [0.2, 0.25) is 0 Å². The Morgan fingerprint density at radius 1 is 0.471 bits per heavy atom. The maximum atomic E-state index is 11.8. The van der Waals surface area contributed by atoms with Crippen molar-refractivity contribution in [2.75, 3.05) is 13.2 Å². The van der Waals surface area contributed by atoms with Crippen molar-refractivity contribution in [3.63, 3.8) is 0 Å². The molecule has 0 saturated carbocycles. The van der Waals surface area contributed by atoms with Crippen LogP contribution in [-0.4, -0.2) is 25.2 Å². The van der Waals surface area contributed by atoms with Gasteiger partial charge in [-0.05, 0) is 52.4 Å². The summed E-state index contributed by atoms with van der Waals surface area (Å²) in [6.45, 7) is 5.08. The third-order valence-electron chi connectivity index (χ3n) is 6.06. The summed E-state index contributed by atoms with van der Waals surface area (Å²) in [4.78, 5) is 23.5. The van der Waals surface area contributed by atoms with Crippen LogP contribution in [-0.2, 0) is 19.1 Å². The summed E-state index contributed by atoms with van der Waals surface area (Å²) in [6.07, 6.45) is 30.8. The normalized spacial score (nSPS) is 11.5. The molecule has 0 aromatic rings. The fraction of sp³-hybridized carbons (Fsp3) is 0.800. The lowest BCUT2D eigenvalue weighted by Crippen LogP contribution is -2.11. The predicted molar refractivity (Wildman–Crippen MR) is 144 cm³/mol. The third kappa shape index (κ3) is 26.7. The first kappa shape index (κ1) is 32.4. The van der Waals surface area contributed by atoms with Gasteiger partial charge in [-0.1, -0.05) is 101 Å². The van der Waals surface area contributed by atoms with Gasteiger partial charge in [0.05, 0.1) is 26.1 Å². The zero-order chi connectivity index (χ0) is 25.0. The molecule has 4 heteroatoms. The van der Waals surface area contributed by atoms with E-state index >= 15 is 0 Å². The van der Waals surface area contributed by atoms with Crippen LogP contribution in [0.15, 0.2) is 24.3 Å². The van der Waals surface area contributed by atoms with E-state index in [1.54, 1.807) is 0 Å². The minimum atomic E-state index is -0.288. The van der Waals surface area contributed by atoms with Crippen LogP contribution in [0.1, 0.15) is 142 Å². The van der Waals surface area contributed by atoms with Gasteiger partial charge in [0.15, 0.2) is 0 Å². The number of hydrogen-bond acceptors (Lipinski definition) is 4. The summed E-state index contributed by atoms with van der Waals surface area (Å²) in [7, 11) is 0. The van der Waals surface area contributed by atoms with Crippen LogP contribution in [0.25, 0.3) is 0 Å². The molecule has 0 aromatic carbocycles. The summed E-state index contributed by atoms with van der Waals surface area (Å²) in [5.74, 6) is -0.576. The monoisotopic (exact) mass is 478 g/mol. The third-order valence-corrected chi connectivity index (χ3v) is 6.06. The van der Waals surface area contributed by atoms with Crippen molar-refractivity contribution >= 4 is 11.9 Å². The van der Waals surface area contributed by atoms with Crippen LogP contribution in [0.5, 0.6) is 0 Å². The second kappa shape index (κ2) is 27.7. The van der Waals surface area contributed by atoms with Crippen LogP contribution in [0, 0.1) is 0 Å². The largest absolute Gasteiger partial charge is 0.466 e. The summed E-state index contributed by atoms with van der Waals surface area (Å²) < 4.78 is 10.5. The molecule has 4 nitrogen and oxygen atoms in total. The predicted octanol–water partition coefficient (Wildman–Crippen LogP) is 9.03. The van der Waals surface area contributed by atoms with Gasteiger partial charge in [-0.15, -0.1) is 0 Å². The van der Waals surface area contributed by atoms with Gasteiger partial charge in [-0.25, -0.2) is 0 Å². The second-order valence-corrected chi connectivity index (χ2v) is 9.31. The van der Waals surface area contributed by atoms with Gasteiger partial charge in [-0.3, -0.25) is 9.59 Å². The van der Waals surface area contributed by atoms with E-state index in [0.29, 0.717) is 13.2 Å². The molecule has 0 aromatic heterocycles. The lowest BCUT2D eigenvalue weighted by atomic mass is 10.1. The maximum absolute atomic E-state index is 11.8. The summed E-state index contributed by atoms with van der Waals surface area (Å²) in [5, 5.41) is 0. The van der Waals surface area contributed by atoms with Crippen molar-refractivity contribution in [1.29, 1.82) is 0 Å². The first-order chi connectivity index (χ1) is 16.7. The topological polar surface area (TPSA) is 52.6 Å². The summed E-state index contributed by atoms with van der Waals surface area (Å²) in [6, 6.07) is 0. The van der Waals surface area contributed by atoms with Gasteiger partial charge in [-0.2, -0.15) is 0 Å². The van der Waals surface area contributed by atoms with Crippen molar-refractivity contribution < 1.29 is 19.1 Å². The molecule has 0 atom stereocenters. The lowest BCUT2D eigenvalue weighted by molar-refractivity contribution is -0.150. The Bertz CT molecular complexity index is 464. The van der Waals surface area contributed by atoms with Crippen LogP contribution < -0.4 is 0 Å². The smallest absolute Gasteiger partial charge is 0.306 e. The number of hydrogen-bond donors (Lipinski definition) is 0. The number of unbranched alkanes of at least 4 members (excludes halogenated alkanes) is 16. The van der Waals surface area contributed by atoms with Gasteiger partial charge >= 0.3 is 11.9 Å². The Morgan fingerprint density at radius 3 is 1.09 bits per heavy atom. The summed E-state index contributed by atoms with van der Waals surface area (Å²) in [5.41, 5.74) is 0. The molecule has 0 unspecified atom stereocenters. The number of allylic oxidation sites excluding steroid dienone is 4. The van der Waals surface area contributed by atoms with Gasteiger partial charge in [0.1, 0.15) is 0 Å². The first-order valence-electron chi connectivity index (χ1n) is 14.2. The van der Waals surface area contributed by atoms with Gasteiger partial charge in [0.2, 0.25) is 0 Å². The molecule has 34 heavy (non-hydrogen) atoms. The van der Waals surface area contributed by atoms with Crippen molar-refractivity contribution in [2.24, 2.45) is 0 Å². The summed E-state index contributed by atoms with van der Waals surface area (Å²) >= 11 is 0. The molecule has 198 valence electrons. The van der Waals surface area contributed by atoms with Crippen molar-refractivity contribution in [2.45, 2.75) is 142 Å². The average Bonchev–Trinajstić information content (AvgIpc) is 2.84. The Kier molecular flexibility index (Phi) is 26.4. The average molecular weight is 479 g/mol. The molecule has 0 aliphatic rings. The fourth-order valence-electron chi connectivity index (χ4n) is 3.90. The van der Waals surface area contributed by atoms with E-state index in [4.69, 9.17) is 9.47 Å².